The fraction of sp³-hybridized carbons (Fsp3) is 0.615. The maximum atomic E-state index is 13.1. The fourth-order valence-corrected chi connectivity index (χ4v) is 4.51. The third kappa shape index (κ3) is 7.44. The molecule has 0 bridgehead atoms. The van der Waals surface area contributed by atoms with E-state index in [1.165, 1.54) is 0 Å². The zero-order valence-electron chi connectivity index (χ0n) is 21.0. The van der Waals surface area contributed by atoms with E-state index in [0.717, 1.165) is 44.5 Å². The predicted octanol–water partition coefficient (Wildman–Crippen LogP) is 2.91. The molecule has 1 amide bonds. The highest BCUT2D eigenvalue weighted by atomic mass is 16.7. The number of nitrogen functional groups attached to an aromatic ring is 1. The molecular formula is C26H38N4O5. The first-order valence-corrected chi connectivity index (χ1v) is 12.4. The number of nitrogens with two attached hydrogens (primary N) is 1. The molecular weight excluding hydrogens is 448 g/mol. The van der Waals surface area contributed by atoms with Gasteiger partial charge < -0.3 is 25.0 Å². The molecule has 0 aromatic heterocycles. The highest BCUT2D eigenvalue weighted by Crippen LogP contribution is 2.28. The van der Waals surface area contributed by atoms with E-state index in [2.05, 4.69) is 4.90 Å². The Morgan fingerprint density at radius 3 is 2.11 bits per heavy atom. The van der Waals surface area contributed by atoms with Gasteiger partial charge in [0.1, 0.15) is 5.84 Å². The molecule has 35 heavy (non-hydrogen) atoms. The Balaban J connectivity index is 1.36. The topological polar surface area (TPSA) is 126 Å². The van der Waals surface area contributed by atoms with Crippen LogP contribution in [0.1, 0.15) is 58.4 Å². The molecule has 9 nitrogen and oxygen atoms in total. The molecule has 2 aliphatic heterocycles. The quantitative estimate of drug-likeness (QED) is 0.263. The number of benzene rings is 1. The number of nitrogens with one attached hydrogen (secondary N) is 1. The smallest absolute Gasteiger partial charge is 0.314 e. The second-order valence-electron chi connectivity index (χ2n) is 10.5. The molecule has 0 radical (unpaired) electrons. The average Bonchev–Trinajstić information content (AvgIpc) is 2.83. The van der Waals surface area contributed by atoms with Crippen LogP contribution in [0.15, 0.2) is 24.3 Å². The summed E-state index contributed by atoms with van der Waals surface area (Å²) in [5.74, 6) is -0.310. The Labute approximate surface area is 207 Å². The van der Waals surface area contributed by atoms with Crippen LogP contribution in [0.5, 0.6) is 0 Å². The number of rotatable bonds is 7. The first-order valence-electron chi connectivity index (χ1n) is 12.4. The van der Waals surface area contributed by atoms with E-state index in [-0.39, 0.29) is 42.8 Å². The van der Waals surface area contributed by atoms with Crippen LogP contribution in [-0.4, -0.2) is 61.6 Å². The van der Waals surface area contributed by atoms with Crippen molar-refractivity contribution in [2.24, 2.45) is 23.0 Å². The molecule has 0 spiro atoms. The molecule has 3 rings (SSSR count). The van der Waals surface area contributed by atoms with Crippen LogP contribution >= 0.6 is 0 Å². The molecule has 9 heteroatoms. The number of carbonyl (C=O) groups is 3. The van der Waals surface area contributed by atoms with Gasteiger partial charge in [-0.25, -0.2) is 0 Å². The lowest BCUT2D eigenvalue weighted by Gasteiger charge is -2.38. The van der Waals surface area contributed by atoms with Crippen LogP contribution in [0.4, 0.5) is 5.69 Å². The Bertz CT molecular complexity index is 909. The van der Waals surface area contributed by atoms with Gasteiger partial charge in [0.25, 0.3) is 0 Å². The van der Waals surface area contributed by atoms with E-state index in [4.69, 9.17) is 20.6 Å². The van der Waals surface area contributed by atoms with Crippen molar-refractivity contribution in [2.45, 2.75) is 52.9 Å². The molecule has 1 aromatic carbocycles. The van der Waals surface area contributed by atoms with Crippen molar-refractivity contribution in [1.29, 1.82) is 5.41 Å². The standard InChI is InChI=1S/C26H38N4O5/c1-26(2,3)25(33)35-17-34-22(31)16-18-8-12-30(13-9-18)24(32)20-10-14-29(15-11-20)21-6-4-19(5-7-21)23(27)28/h4-7,18,20H,8-17H2,1-3H3,(H3,27,28). The maximum Gasteiger partial charge on any atom is 0.314 e. The summed E-state index contributed by atoms with van der Waals surface area (Å²) in [5, 5.41) is 7.51. The summed E-state index contributed by atoms with van der Waals surface area (Å²) in [5.41, 5.74) is 6.69. The van der Waals surface area contributed by atoms with Crippen LogP contribution in [0.25, 0.3) is 0 Å². The highest BCUT2D eigenvalue weighted by Gasteiger charge is 2.32. The molecule has 0 saturated carbocycles. The van der Waals surface area contributed by atoms with Crippen molar-refractivity contribution in [3.63, 3.8) is 0 Å². The van der Waals surface area contributed by atoms with Gasteiger partial charge in [-0.3, -0.25) is 19.8 Å². The van der Waals surface area contributed by atoms with E-state index in [9.17, 15) is 14.4 Å². The number of hydrogen-bond acceptors (Lipinski definition) is 7. The van der Waals surface area contributed by atoms with Crippen molar-refractivity contribution in [1.82, 2.24) is 4.90 Å². The summed E-state index contributed by atoms with van der Waals surface area (Å²) in [6.07, 6.45) is 3.43. The Kier molecular flexibility index (Phi) is 8.75. The lowest BCUT2D eigenvalue weighted by atomic mass is 9.90. The fourth-order valence-electron chi connectivity index (χ4n) is 4.51. The van der Waals surface area contributed by atoms with Crippen molar-refractivity contribution in [3.05, 3.63) is 29.8 Å². The number of anilines is 1. The Hall–Kier alpha value is -3.10. The number of hydrogen-bond donors (Lipinski definition) is 2. The second kappa shape index (κ2) is 11.6. The lowest BCUT2D eigenvalue weighted by molar-refractivity contribution is -0.173. The molecule has 2 heterocycles. The number of likely N-dealkylation sites (tertiary alicyclic amines) is 1. The van der Waals surface area contributed by atoms with Crippen molar-refractivity contribution < 1.29 is 23.9 Å². The molecule has 0 aliphatic carbocycles. The maximum absolute atomic E-state index is 13.1. The molecule has 2 fully saturated rings. The summed E-state index contributed by atoms with van der Waals surface area (Å²) in [6, 6.07) is 7.66. The minimum absolute atomic E-state index is 0.0294. The van der Waals surface area contributed by atoms with E-state index >= 15 is 0 Å². The van der Waals surface area contributed by atoms with Gasteiger partial charge in [0.15, 0.2) is 0 Å². The number of amidine groups is 1. The Morgan fingerprint density at radius 2 is 1.57 bits per heavy atom. The normalized spacial score (nSPS) is 17.7. The summed E-state index contributed by atoms with van der Waals surface area (Å²) < 4.78 is 10.0. The van der Waals surface area contributed by atoms with Crippen molar-refractivity contribution in [2.75, 3.05) is 37.9 Å². The Morgan fingerprint density at radius 1 is 0.971 bits per heavy atom. The van der Waals surface area contributed by atoms with E-state index < -0.39 is 11.4 Å². The number of ether oxygens (including phenoxy) is 2. The van der Waals surface area contributed by atoms with Gasteiger partial charge in [-0.05, 0) is 76.6 Å². The predicted molar refractivity (Wildman–Crippen MR) is 133 cm³/mol. The van der Waals surface area contributed by atoms with E-state index in [0.29, 0.717) is 18.7 Å². The van der Waals surface area contributed by atoms with Gasteiger partial charge in [-0.15, -0.1) is 0 Å². The largest absolute Gasteiger partial charge is 0.428 e. The highest BCUT2D eigenvalue weighted by molar-refractivity contribution is 5.95. The van der Waals surface area contributed by atoms with E-state index in [1.54, 1.807) is 20.8 Å². The number of piperidine rings is 2. The molecule has 1 aromatic rings. The van der Waals surface area contributed by atoms with Crippen LogP contribution < -0.4 is 10.6 Å². The summed E-state index contributed by atoms with van der Waals surface area (Å²) >= 11 is 0. The first-order chi connectivity index (χ1) is 16.5. The van der Waals surface area contributed by atoms with Crippen LogP contribution in [0, 0.1) is 22.7 Å². The second-order valence-corrected chi connectivity index (χ2v) is 10.5. The van der Waals surface area contributed by atoms with Gasteiger partial charge in [0.2, 0.25) is 12.7 Å². The first kappa shape index (κ1) is 26.5. The molecule has 3 N–H and O–H groups in total. The summed E-state index contributed by atoms with van der Waals surface area (Å²) in [7, 11) is 0. The number of amides is 1. The molecule has 2 saturated heterocycles. The molecule has 0 atom stereocenters. The number of carbonyl (C=O) groups excluding carboxylic acids is 3. The monoisotopic (exact) mass is 486 g/mol. The molecule has 192 valence electrons. The van der Waals surface area contributed by atoms with Crippen LogP contribution in [-0.2, 0) is 23.9 Å². The van der Waals surface area contributed by atoms with Crippen molar-refractivity contribution >= 4 is 29.4 Å². The SMILES string of the molecule is CC(C)(C)C(=O)OCOC(=O)CC1CCN(C(=O)C2CCN(c3ccc(C(=N)N)cc3)CC2)CC1. The number of nitrogens with zero attached hydrogens (tertiary/aromatic N) is 2. The molecule has 0 unspecified atom stereocenters. The van der Waals surface area contributed by atoms with Crippen LogP contribution in [0.2, 0.25) is 0 Å². The van der Waals surface area contributed by atoms with Gasteiger partial charge in [-0.2, -0.15) is 0 Å². The summed E-state index contributed by atoms with van der Waals surface area (Å²) in [6.45, 7) is 7.81. The van der Waals surface area contributed by atoms with Gasteiger partial charge >= 0.3 is 11.9 Å². The lowest BCUT2D eigenvalue weighted by Crippen LogP contribution is -2.45. The summed E-state index contributed by atoms with van der Waals surface area (Å²) in [4.78, 5) is 41.1. The zero-order valence-corrected chi connectivity index (χ0v) is 21.0. The third-order valence-corrected chi connectivity index (χ3v) is 6.79. The van der Waals surface area contributed by atoms with Gasteiger partial charge in [-0.1, -0.05) is 0 Å². The van der Waals surface area contributed by atoms with Gasteiger partial charge in [0, 0.05) is 49.8 Å². The average molecular weight is 487 g/mol. The molecule has 2 aliphatic rings. The minimum Gasteiger partial charge on any atom is -0.428 e. The number of esters is 2. The van der Waals surface area contributed by atoms with E-state index in [1.807, 2.05) is 29.2 Å². The van der Waals surface area contributed by atoms with Crippen LogP contribution in [0.3, 0.4) is 0 Å². The van der Waals surface area contributed by atoms with Crippen molar-refractivity contribution in [3.8, 4) is 0 Å². The minimum atomic E-state index is -0.635. The van der Waals surface area contributed by atoms with Gasteiger partial charge in [0.05, 0.1) is 5.41 Å². The zero-order chi connectivity index (χ0) is 25.6. The third-order valence-electron chi connectivity index (χ3n) is 6.79.